The van der Waals surface area contributed by atoms with Gasteiger partial charge in [0.1, 0.15) is 17.4 Å². The molecule has 2 aromatic carbocycles. The third kappa shape index (κ3) is 6.63. The van der Waals surface area contributed by atoms with E-state index in [1.54, 1.807) is 42.5 Å². The van der Waals surface area contributed by atoms with Crippen LogP contribution in [-0.2, 0) is 20.7 Å². The van der Waals surface area contributed by atoms with Crippen molar-refractivity contribution >= 4 is 39.6 Å². The maximum absolute atomic E-state index is 12.4. The quantitative estimate of drug-likeness (QED) is 0.278. The molecule has 1 N–H and O–H groups in total. The van der Waals surface area contributed by atoms with Crippen LogP contribution >= 0.6 is 15.9 Å². The third-order valence-corrected chi connectivity index (χ3v) is 4.27. The van der Waals surface area contributed by atoms with E-state index in [4.69, 9.17) is 4.74 Å². The summed E-state index contributed by atoms with van der Waals surface area (Å²) in [5.74, 6) is -0.499. The van der Waals surface area contributed by atoms with Gasteiger partial charge < -0.3 is 14.8 Å². The number of allylic oxidation sites excluding steroid dienone is 1. The largest absolute Gasteiger partial charge is 0.482 e. The molecule has 0 heterocycles. The molecule has 7 heteroatoms. The Kier molecular flexibility index (Phi) is 8.19. The van der Waals surface area contributed by atoms with Crippen LogP contribution in [0.4, 0.5) is 5.69 Å². The number of nitriles is 1. The van der Waals surface area contributed by atoms with E-state index in [-0.39, 0.29) is 12.2 Å². The number of hydrogen-bond donors (Lipinski definition) is 1. The van der Waals surface area contributed by atoms with Gasteiger partial charge >= 0.3 is 5.97 Å². The summed E-state index contributed by atoms with van der Waals surface area (Å²) in [6.45, 7) is 3.50. The molecule has 0 spiro atoms. The molecule has 0 aliphatic heterocycles. The Morgan fingerprint density at radius 2 is 2.07 bits per heavy atom. The second-order valence-electron chi connectivity index (χ2n) is 5.86. The number of benzene rings is 2. The number of rotatable bonds is 8. The summed E-state index contributed by atoms with van der Waals surface area (Å²) in [5.41, 5.74) is 1.94. The van der Waals surface area contributed by atoms with Crippen molar-refractivity contribution in [2.24, 2.45) is 0 Å². The number of halogens is 1. The molecule has 0 atom stereocenters. The SMILES string of the molecule is C=CCc1cc(/C=C(/C#N)C(=O)Nc2cccc(Br)c2)ccc1OCC(=O)OC. The van der Waals surface area contributed by atoms with Crippen LogP contribution in [0, 0.1) is 11.3 Å². The molecule has 0 saturated heterocycles. The van der Waals surface area contributed by atoms with Gasteiger partial charge in [-0.3, -0.25) is 4.79 Å². The highest BCUT2D eigenvalue weighted by Gasteiger charge is 2.12. The average molecular weight is 455 g/mol. The number of amides is 1. The van der Waals surface area contributed by atoms with Crippen molar-refractivity contribution in [3.63, 3.8) is 0 Å². The first-order valence-electron chi connectivity index (χ1n) is 8.59. The lowest BCUT2D eigenvalue weighted by atomic mass is 10.0. The minimum Gasteiger partial charge on any atom is -0.482 e. The summed E-state index contributed by atoms with van der Waals surface area (Å²) < 4.78 is 10.9. The van der Waals surface area contributed by atoms with Gasteiger partial charge in [0.25, 0.3) is 5.91 Å². The lowest BCUT2D eigenvalue weighted by molar-refractivity contribution is -0.142. The Labute approximate surface area is 177 Å². The number of nitrogens with one attached hydrogen (secondary N) is 1. The highest BCUT2D eigenvalue weighted by atomic mass is 79.9. The molecule has 1 amide bonds. The zero-order valence-corrected chi connectivity index (χ0v) is 17.4. The van der Waals surface area contributed by atoms with E-state index in [0.717, 1.165) is 10.0 Å². The van der Waals surface area contributed by atoms with Gasteiger partial charge in [-0.15, -0.1) is 6.58 Å². The molecule has 0 bridgehead atoms. The topological polar surface area (TPSA) is 88.4 Å². The average Bonchev–Trinajstić information content (AvgIpc) is 2.71. The maximum Gasteiger partial charge on any atom is 0.343 e. The van der Waals surface area contributed by atoms with Crippen LogP contribution in [0.1, 0.15) is 11.1 Å². The Hall–Kier alpha value is -3.37. The molecule has 0 aliphatic rings. The first-order valence-corrected chi connectivity index (χ1v) is 9.38. The first-order chi connectivity index (χ1) is 14.0. The Morgan fingerprint density at radius 1 is 1.28 bits per heavy atom. The van der Waals surface area contributed by atoms with E-state index in [2.05, 4.69) is 32.6 Å². The van der Waals surface area contributed by atoms with Crippen LogP contribution < -0.4 is 10.1 Å². The lowest BCUT2D eigenvalue weighted by Gasteiger charge is -2.11. The van der Waals surface area contributed by atoms with E-state index >= 15 is 0 Å². The van der Waals surface area contributed by atoms with Crippen molar-refractivity contribution in [1.29, 1.82) is 5.26 Å². The fourth-order valence-electron chi connectivity index (χ4n) is 2.42. The molecular weight excluding hydrogens is 436 g/mol. The monoisotopic (exact) mass is 454 g/mol. The standard InChI is InChI=1S/C22H19BrN2O4/c1-3-5-16-10-15(8-9-20(16)29-14-21(26)28-2)11-17(13-24)22(27)25-19-7-4-6-18(23)12-19/h3-4,6-12H,1,5,14H2,2H3,(H,25,27)/b17-11-. The van der Waals surface area contributed by atoms with Gasteiger partial charge in [-0.2, -0.15) is 5.26 Å². The van der Waals surface area contributed by atoms with Gasteiger partial charge in [0.2, 0.25) is 0 Å². The number of nitrogens with zero attached hydrogens (tertiary/aromatic N) is 1. The second-order valence-corrected chi connectivity index (χ2v) is 6.77. The zero-order valence-electron chi connectivity index (χ0n) is 15.8. The van der Waals surface area contributed by atoms with E-state index < -0.39 is 11.9 Å². The molecule has 0 unspecified atom stereocenters. The summed E-state index contributed by atoms with van der Waals surface area (Å²) in [6, 6.07) is 14.2. The van der Waals surface area contributed by atoms with Crippen molar-refractivity contribution in [3.8, 4) is 11.8 Å². The van der Waals surface area contributed by atoms with Crippen LogP contribution in [-0.4, -0.2) is 25.6 Å². The fourth-order valence-corrected chi connectivity index (χ4v) is 2.82. The van der Waals surface area contributed by atoms with Gasteiger partial charge in [0, 0.05) is 10.2 Å². The molecule has 6 nitrogen and oxygen atoms in total. The van der Waals surface area contributed by atoms with Gasteiger partial charge in [-0.05, 0) is 54.0 Å². The number of hydrogen-bond acceptors (Lipinski definition) is 5. The predicted octanol–water partition coefficient (Wildman–Crippen LogP) is 4.28. The molecule has 148 valence electrons. The van der Waals surface area contributed by atoms with Crippen LogP contribution in [0.3, 0.4) is 0 Å². The van der Waals surface area contributed by atoms with Crippen LogP contribution in [0.2, 0.25) is 0 Å². The number of carbonyl (C=O) groups excluding carboxylic acids is 2. The first kappa shape index (κ1) is 21.9. The molecule has 0 radical (unpaired) electrons. The molecule has 0 aromatic heterocycles. The predicted molar refractivity (Wildman–Crippen MR) is 114 cm³/mol. The van der Waals surface area contributed by atoms with Crippen molar-refractivity contribution in [3.05, 3.63) is 76.3 Å². The maximum atomic E-state index is 12.4. The van der Waals surface area contributed by atoms with Crippen molar-refractivity contribution < 1.29 is 19.1 Å². The summed E-state index contributed by atoms with van der Waals surface area (Å²) in [5, 5.41) is 12.1. The minimum atomic E-state index is -0.512. The van der Waals surface area contributed by atoms with Crippen molar-refractivity contribution in [2.45, 2.75) is 6.42 Å². The fraction of sp³-hybridized carbons (Fsp3) is 0.136. The van der Waals surface area contributed by atoms with Gasteiger partial charge in [0.05, 0.1) is 7.11 Å². The van der Waals surface area contributed by atoms with E-state index in [9.17, 15) is 14.9 Å². The molecule has 0 saturated carbocycles. The summed E-state index contributed by atoms with van der Waals surface area (Å²) in [4.78, 5) is 23.7. The number of methoxy groups -OCH3 is 1. The number of carbonyl (C=O) groups is 2. The molecule has 0 aliphatic carbocycles. The molecule has 2 rings (SSSR count). The van der Waals surface area contributed by atoms with Crippen LogP contribution in [0.25, 0.3) is 6.08 Å². The molecule has 2 aromatic rings. The smallest absolute Gasteiger partial charge is 0.343 e. The minimum absolute atomic E-state index is 0.0437. The third-order valence-electron chi connectivity index (χ3n) is 3.78. The second kappa shape index (κ2) is 10.8. The lowest BCUT2D eigenvalue weighted by Crippen LogP contribution is -2.14. The zero-order chi connectivity index (χ0) is 21.2. The van der Waals surface area contributed by atoms with Crippen molar-refractivity contribution in [2.75, 3.05) is 19.0 Å². The highest BCUT2D eigenvalue weighted by molar-refractivity contribution is 9.10. The van der Waals surface area contributed by atoms with E-state index in [1.165, 1.54) is 13.2 Å². The van der Waals surface area contributed by atoms with Crippen LogP contribution in [0.5, 0.6) is 5.75 Å². The summed E-state index contributed by atoms with van der Waals surface area (Å²) in [6.07, 6.45) is 3.67. The van der Waals surface area contributed by atoms with E-state index in [0.29, 0.717) is 23.4 Å². The number of esters is 1. The molecule has 0 fully saturated rings. The summed E-state index contributed by atoms with van der Waals surface area (Å²) >= 11 is 3.34. The van der Waals surface area contributed by atoms with Gasteiger partial charge in [-0.25, -0.2) is 4.79 Å². The molecule has 29 heavy (non-hydrogen) atoms. The Morgan fingerprint density at radius 3 is 2.72 bits per heavy atom. The van der Waals surface area contributed by atoms with Gasteiger partial charge in [-0.1, -0.05) is 34.1 Å². The summed E-state index contributed by atoms with van der Waals surface area (Å²) in [7, 11) is 1.28. The number of anilines is 1. The van der Waals surface area contributed by atoms with Crippen molar-refractivity contribution in [1.82, 2.24) is 0 Å². The number of ether oxygens (including phenoxy) is 2. The Bertz CT molecular complexity index is 993. The molecular formula is C22H19BrN2O4. The normalized spacial score (nSPS) is 10.6. The Balaban J connectivity index is 2.24. The highest BCUT2D eigenvalue weighted by Crippen LogP contribution is 2.23. The van der Waals surface area contributed by atoms with Crippen LogP contribution in [0.15, 0.2) is 65.2 Å². The van der Waals surface area contributed by atoms with Gasteiger partial charge in [0.15, 0.2) is 6.61 Å². The van der Waals surface area contributed by atoms with E-state index in [1.807, 2.05) is 12.1 Å².